The second kappa shape index (κ2) is 10.7. The number of methoxy groups -OCH3 is 1. The molecule has 1 aromatic rings. The summed E-state index contributed by atoms with van der Waals surface area (Å²) < 4.78 is 6.27. The molecule has 142 valence electrons. The van der Waals surface area contributed by atoms with Crippen LogP contribution in [0.4, 0.5) is 0 Å². The first kappa shape index (κ1) is 21.0. The molecule has 1 unspecified atom stereocenters. The van der Waals surface area contributed by atoms with Crippen LogP contribution in [-0.2, 0) is 22.2 Å². The van der Waals surface area contributed by atoms with E-state index in [9.17, 15) is 9.90 Å². The van der Waals surface area contributed by atoms with Gasteiger partial charge in [-0.15, -0.1) is 0 Å². The molecule has 0 radical (unpaired) electrons. The molecule has 0 aliphatic heterocycles. The van der Waals surface area contributed by atoms with E-state index in [4.69, 9.17) is 0 Å². The fourth-order valence-corrected chi connectivity index (χ4v) is 2.25. The summed E-state index contributed by atoms with van der Waals surface area (Å²) in [6.45, 7) is 5.44. The highest BCUT2D eigenvalue weighted by molar-refractivity contribution is 5.79. The number of aryl methyl sites for hydroxylation is 1. The van der Waals surface area contributed by atoms with Crippen molar-refractivity contribution in [3.05, 3.63) is 18.0 Å². The summed E-state index contributed by atoms with van der Waals surface area (Å²) in [6.07, 6.45) is 6.58. The van der Waals surface area contributed by atoms with E-state index in [-0.39, 0.29) is 12.5 Å². The summed E-state index contributed by atoms with van der Waals surface area (Å²) in [5, 5.41) is 21.1. The first-order valence-corrected chi connectivity index (χ1v) is 8.69. The molecular weight excluding hydrogens is 322 g/mol. The van der Waals surface area contributed by atoms with Crippen molar-refractivity contribution in [2.75, 3.05) is 26.7 Å². The number of guanidine groups is 1. The molecule has 1 rings (SSSR count). The maximum Gasteiger partial charge on any atom is 0.305 e. The fraction of sp³-hybridized carbons (Fsp3) is 0.706. The van der Waals surface area contributed by atoms with Gasteiger partial charge in [0.25, 0.3) is 0 Å². The predicted molar refractivity (Wildman–Crippen MR) is 97.2 cm³/mol. The number of hydrogen-bond donors (Lipinski definition) is 3. The first-order valence-electron chi connectivity index (χ1n) is 8.69. The average Bonchev–Trinajstić information content (AvgIpc) is 3.02. The number of aliphatic imine (C=N–C) groups is 1. The lowest BCUT2D eigenvalue weighted by atomic mass is 10.0. The smallest absolute Gasteiger partial charge is 0.305 e. The Morgan fingerprint density at radius 1 is 1.40 bits per heavy atom. The monoisotopic (exact) mass is 353 g/mol. The molecule has 0 aliphatic rings. The lowest BCUT2D eigenvalue weighted by Crippen LogP contribution is -2.39. The zero-order valence-electron chi connectivity index (χ0n) is 15.7. The maximum absolute atomic E-state index is 11.0. The molecule has 25 heavy (non-hydrogen) atoms. The molecule has 8 heteroatoms. The van der Waals surface area contributed by atoms with E-state index in [1.165, 1.54) is 7.11 Å². The van der Waals surface area contributed by atoms with Gasteiger partial charge in [-0.1, -0.05) is 6.42 Å². The van der Waals surface area contributed by atoms with Gasteiger partial charge in [-0.3, -0.25) is 9.48 Å². The molecule has 0 aromatic carbocycles. The number of unbranched alkanes of at least 4 members (excludes halogenated alkanes) is 2. The van der Waals surface area contributed by atoms with E-state index in [1.54, 1.807) is 24.0 Å². The SMILES string of the molecule is CCNC(=NCC(C)(O)c1cnn(C)c1)NCCCCCC(=O)OC. The van der Waals surface area contributed by atoms with Crippen LogP contribution in [0.5, 0.6) is 0 Å². The van der Waals surface area contributed by atoms with E-state index < -0.39 is 5.60 Å². The lowest BCUT2D eigenvalue weighted by Gasteiger charge is -2.20. The molecule has 0 spiro atoms. The number of carbonyl (C=O) groups is 1. The topological polar surface area (TPSA) is 101 Å². The minimum Gasteiger partial charge on any atom is -0.469 e. The Labute approximate surface area is 149 Å². The van der Waals surface area contributed by atoms with Gasteiger partial charge in [-0.2, -0.15) is 5.10 Å². The van der Waals surface area contributed by atoms with Gasteiger partial charge in [-0.05, 0) is 26.7 Å². The molecule has 0 fully saturated rings. The van der Waals surface area contributed by atoms with Gasteiger partial charge < -0.3 is 20.5 Å². The van der Waals surface area contributed by atoms with E-state index >= 15 is 0 Å². The Bertz CT molecular complexity index is 554. The summed E-state index contributed by atoms with van der Waals surface area (Å²) in [5.74, 6) is 0.500. The number of hydrogen-bond acceptors (Lipinski definition) is 5. The third kappa shape index (κ3) is 8.02. The zero-order valence-corrected chi connectivity index (χ0v) is 15.7. The van der Waals surface area contributed by atoms with Crippen LogP contribution in [0.25, 0.3) is 0 Å². The van der Waals surface area contributed by atoms with E-state index in [0.717, 1.165) is 37.9 Å². The molecule has 1 heterocycles. The van der Waals surface area contributed by atoms with Crippen LogP contribution in [0.3, 0.4) is 0 Å². The van der Waals surface area contributed by atoms with Crippen molar-refractivity contribution < 1.29 is 14.6 Å². The standard InChI is InChI=1S/C17H31N5O3/c1-5-18-16(19-10-8-6-7-9-15(23)25-4)20-13-17(2,24)14-11-21-22(3)12-14/h11-12,24H,5-10,13H2,1-4H3,(H2,18,19,20). The molecule has 1 aromatic heterocycles. The Balaban J connectivity index is 2.41. The Hall–Kier alpha value is -2.09. The van der Waals surface area contributed by atoms with Crippen molar-refractivity contribution in [3.63, 3.8) is 0 Å². The first-order chi connectivity index (χ1) is 11.9. The summed E-state index contributed by atoms with van der Waals surface area (Å²) in [4.78, 5) is 15.5. The average molecular weight is 353 g/mol. The fourth-order valence-electron chi connectivity index (χ4n) is 2.25. The summed E-state index contributed by atoms with van der Waals surface area (Å²) in [6, 6.07) is 0. The maximum atomic E-state index is 11.0. The van der Waals surface area contributed by atoms with E-state index in [1.807, 2.05) is 14.0 Å². The molecular formula is C17H31N5O3. The molecule has 8 nitrogen and oxygen atoms in total. The Morgan fingerprint density at radius 2 is 2.16 bits per heavy atom. The minimum absolute atomic E-state index is 0.166. The minimum atomic E-state index is -1.07. The third-order valence-corrected chi connectivity index (χ3v) is 3.79. The third-order valence-electron chi connectivity index (χ3n) is 3.79. The summed E-state index contributed by atoms with van der Waals surface area (Å²) in [5.41, 5.74) is -0.339. The van der Waals surface area contributed by atoms with Gasteiger partial charge in [0.15, 0.2) is 5.96 Å². The van der Waals surface area contributed by atoms with Crippen molar-refractivity contribution in [2.45, 2.75) is 45.1 Å². The van der Waals surface area contributed by atoms with Gasteiger partial charge in [0.2, 0.25) is 0 Å². The van der Waals surface area contributed by atoms with Crippen molar-refractivity contribution in [3.8, 4) is 0 Å². The quantitative estimate of drug-likeness (QED) is 0.250. The number of aliphatic hydroxyl groups is 1. The molecule has 0 saturated heterocycles. The lowest BCUT2D eigenvalue weighted by molar-refractivity contribution is -0.140. The number of nitrogens with one attached hydrogen (secondary N) is 2. The van der Waals surface area contributed by atoms with Gasteiger partial charge in [-0.25, -0.2) is 4.99 Å². The van der Waals surface area contributed by atoms with Crippen LogP contribution in [-0.4, -0.2) is 53.6 Å². The molecule has 1 atom stereocenters. The van der Waals surface area contributed by atoms with Crippen LogP contribution >= 0.6 is 0 Å². The number of rotatable bonds is 10. The molecule has 3 N–H and O–H groups in total. The second-order valence-corrected chi connectivity index (χ2v) is 6.19. The Morgan fingerprint density at radius 3 is 2.76 bits per heavy atom. The largest absolute Gasteiger partial charge is 0.469 e. The van der Waals surface area contributed by atoms with Crippen LogP contribution in [0.2, 0.25) is 0 Å². The Kier molecular flexibility index (Phi) is 8.98. The molecule has 0 amide bonds. The number of esters is 1. The highest BCUT2D eigenvalue weighted by Gasteiger charge is 2.24. The van der Waals surface area contributed by atoms with Crippen LogP contribution in [0.1, 0.15) is 45.1 Å². The predicted octanol–water partition coefficient (Wildman–Crippen LogP) is 0.916. The number of ether oxygens (including phenoxy) is 1. The molecule has 0 bridgehead atoms. The summed E-state index contributed by atoms with van der Waals surface area (Å²) >= 11 is 0. The summed E-state index contributed by atoms with van der Waals surface area (Å²) in [7, 11) is 3.22. The van der Waals surface area contributed by atoms with E-state index in [2.05, 4.69) is 25.5 Å². The second-order valence-electron chi connectivity index (χ2n) is 6.19. The van der Waals surface area contributed by atoms with Gasteiger partial charge in [0.1, 0.15) is 5.60 Å². The van der Waals surface area contributed by atoms with Crippen molar-refractivity contribution in [1.82, 2.24) is 20.4 Å². The van der Waals surface area contributed by atoms with Gasteiger partial charge in [0.05, 0.1) is 19.9 Å². The van der Waals surface area contributed by atoms with Crippen molar-refractivity contribution in [1.29, 1.82) is 0 Å². The van der Waals surface area contributed by atoms with E-state index in [0.29, 0.717) is 12.4 Å². The van der Waals surface area contributed by atoms with Gasteiger partial charge >= 0.3 is 5.97 Å². The van der Waals surface area contributed by atoms with Crippen LogP contribution in [0, 0.1) is 0 Å². The van der Waals surface area contributed by atoms with Crippen molar-refractivity contribution in [2.24, 2.45) is 12.0 Å². The number of carbonyl (C=O) groups excluding carboxylic acids is 1. The van der Waals surface area contributed by atoms with Crippen LogP contribution in [0.15, 0.2) is 17.4 Å². The molecule has 0 saturated carbocycles. The van der Waals surface area contributed by atoms with Gasteiger partial charge in [0, 0.05) is 38.3 Å². The normalized spacial score (nSPS) is 14.0. The van der Waals surface area contributed by atoms with Crippen molar-refractivity contribution >= 4 is 11.9 Å². The molecule has 0 aliphatic carbocycles. The van der Waals surface area contributed by atoms with Crippen LogP contribution < -0.4 is 10.6 Å². The highest BCUT2D eigenvalue weighted by atomic mass is 16.5. The number of nitrogens with zero attached hydrogens (tertiary/aromatic N) is 3. The zero-order chi connectivity index (χ0) is 18.7. The number of aromatic nitrogens is 2. The highest BCUT2D eigenvalue weighted by Crippen LogP contribution is 2.19.